The third-order valence-electron chi connectivity index (χ3n) is 13.2. The molecule has 6 unspecified atom stereocenters. The lowest BCUT2D eigenvalue weighted by Gasteiger charge is -2.49. The van der Waals surface area contributed by atoms with Crippen LogP contribution in [-0.4, -0.2) is 38.6 Å². The predicted octanol–water partition coefficient (Wildman–Crippen LogP) is 12.2. The van der Waals surface area contributed by atoms with Crippen LogP contribution in [0.3, 0.4) is 0 Å². The molecule has 2 aliphatic heterocycles. The molecule has 0 aromatic heterocycles. The molecule has 2 aromatic carbocycles. The van der Waals surface area contributed by atoms with E-state index in [0.29, 0.717) is 50.1 Å². The van der Waals surface area contributed by atoms with E-state index in [2.05, 4.69) is 130 Å². The Bertz CT molecular complexity index is 1280. The molecule has 51 heavy (non-hydrogen) atoms. The molecule has 8 heteroatoms. The molecule has 284 valence electrons. The van der Waals surface area contributed by atoms with Gasteiger partial charge in [0, 0.05) is 0 Å². The molecule has 6 nitrogen and oxygen atoms in total. The van der Waals surface area contributed by atoms with Crippen LogP contribution in [0.4, 0.5) is 0 Å². The van der Waals surface area contributed by atoms with Crippen LogP contribution >= 0.6 is 17.2 Å². The van der Waals surface area contributed by atoms with Gasteiger partial charge in [0.05, 0.1) is 44.1 Å². The molecule has 0 N–H and O–H groups in total. The van der Waals surface area contributed by atoms with Gasteiger partial charge in [-0.15, -0.1) is 0 Å². The Morgan fingerprint density at radius 2 is 0.843 bits per heavy atom. The van der Waals surface area contributed by atoms with E-state index in [9.17, 15) is 0 Å². The summed E-state index contributed by atoms with van der Waals surface area (Å²) >= 11 is 0. The molecule has 2 aliphatic carbocycles. The largest absolute Gasteiger partial charge is 0.332 e. The SMILES string of the molecule is CC(C)(C)C1CC(C(C)(C)c2ccccc2)CCC1OP1OCC2(CO1)COP(OC1CCC(C(C)(C)c3ccccc3)CC1C(C)(C)C)OC2. The molecule has 4 fully saturated rings. The molecule has 4 aliphatic rings. The smallest absolute Gasteiger partial charge is 0.311 e. The molecular formula is C43H66O6P2. The highest BCUT2D eigenvalue weighted by atomic mass is 31.2. The number of hydrogen-bond donors (Lipinski definition) is 0. The van der Waals surface area contributed by atoms with E-state index in [1.54, 1.807) is 0 Å². The average Bonchev–Trinajstić information content (AvgIpc) is 3.10. The first-order chi connectivity index (χ1) is 24.0. The molecule has 2 saturated heterocycles. The van der Waals surface area contributed by atoms with E-state index in [1.165, 1.54) is 11.1 Å². The van der Waals surface area contributed by atoms with E-state index in [-0.39, 0.29) is 39.3 Å². The van der Waals surface area contributed by atoms with Gasteiger partial charge in [0.15, 0.2) is 0 Å². The minimum atomic E-state index is -1.42. The molecule has 0 amide bonds. The summed E-state index contributed by atoms with van der Waals surface area (Å²) < 4.78 is 38.8. The van der Waals surface area contributed by atoms with Crippen molar-refractivity contribution in [1.82, 2.24) is 0 Å². The van der Waals surface area contributed by atoms with Crippen molar-refractivity contribution in [3.63, 3.8) is 0 Å². The minimum Gasteiger partial charge on any atom is -0.311 e. The fraction of sp³-hybridized carbons (Fsp3) is 0.721. The van der Waals surface area contributed by atoms with Crippen LogP contribution < -0.4 is 0 Å². The van der Waals surface area contributed by atoms with Crippen molar-refractivity contribution in [3.05, 3.63) is 71.8 Å². The van der Waals surface area contributed by atoms with E-state index in [1.807, 2.05) is 0 Å². The Hall–Kier alpha value is -0.940. The van der Waals surface area contributed by atoms with Crippen molar-refractivity contribution in [1.29, 1.82) is 0 Å². The molecule has 2 saturated carbocycles. The van der Waals surface area contributed by atoms with Gasteiger partial charge in [-0.2, -0.15) is 0 Å². The average molecular weight is 741 g/mol. The van der Waals surface area contributed by atoms with Gasteiger partial charge in [0.2, 0.25) is 0 Å². The van der Waals surface area contributed by atoms with Crippen molar-refractivity contribution in [2.24, 2.45) is 39.9 Å². The zero-order chi connectivity index (χ0) is 36.7. The van der Waals surface area contributed by atoms with Crippen LogP contribution in [-0.2, 0) is 38.0 Å². The fourth-order valence-corrected chi connectivity index (χ4v) is 12.2. The highest BCUT2D eigenvalue weighted by Gasteiger charge is 2.50. The number of hydrogen-bond acceptors (Lipinski definition) is 6. The highest BCUT2D eigenvalue weighted by Crippen LogP contribution is 2.58. The molecule has 6 rings (SSSR count). The lowest BCUT2D eigenvalue weighted by atomic mass is 9.60. The monoisotopic (exact) mass is 740 g/mol. The molecule has 2 aromatic rings. The van der Waals surface area contributed by atoms with Gasteiger partial charge in [-0.1, -0.05) is 130 Å². The van der Waals surface area contributed by atoms with Crippen LogP contribution in [0.25, 0.3) is 0 Å². The summed E-state index contributed by atoms with van der Waals surface area (Å²) in [5.74, 6) is 2.03. The maximum atomic E-state index is 6.72. The molecular weight excluding hydrogens is 674 g/mol. The summed E-state index contributed by atoms with van der Waals surface area (Å²) in [6, 6.07) is 22.0. The van der Waals surface area contributed by atoms with E-state index in [0.717, 1.165) is 38.5 Å². The van der Waals surface area contributed by atoms with Gasteiger partial charge in [-0.05, 0) is 95.0 Å². The van der Waals surface area contributed by atoms with E-state index >= 15 is 0 Å². The first-order valence-electron chi connectivity index (χ1n) is 19.5. The Kier molecular flexibility index (Phi) is 12.2. The molecule has 0 radical (unpaired) electrons. The minimum absolute atomic E-state index is 0.113. The zero-order valence-corrected chi connectivity index (χ0v) is 34.9. The third kappa shape index (κ3) is 9.13. The zero-order valence-electron chi connectivity index (χ0n) is 33.2. The highest BCUT2D eigenvalue weighted by molar-refractivity contribution is 7.42. The quantitative estimate of drug-likeness (QED) is 0.251. The van der Waals surface area contributed by atoms with Crippen LogP contribution in [0.2, 0.25) is 0 Å². The summed E-state index contributed by atoms with van der Waals surface area (Å²) in [5, 5.41) is 0. The van der Waals surface area contributed by atoms with E-state index in [4.69, 9.17) is 27.1 Å². The topological polar surface area (TPSA) is 55.4 Å². The van der Waals surface area contributed by atoms with Crippen LogP contribution in [0.5, 0.6) is 0 Å². The second-order valence-electron chi connectivity index (χ2n) is 19.5. The normalized spacial score (nSPS) is 34.4. The van der Waals surface area contributed by atoms with Crippen molar-refractivity contribution in [2.45, 2.75) is 131 Å². The van der Waals surface area contributed by atoms with E-state index < -0.39 is 17.2 Å². The standard InChI is InChI=1S/C43H66O6P2/c1-39(2,3)35-25-33(41(7,8)31-17-13-11-14-18-31)21-23-37(35)48-50-44-27-43(28-45-50)29-46-51(47-30-43)49-38-24-22-34(26-36(38)40(4,5)6)42(9,10)32-19-15-12-16-20-32/h11-20,33-38H,21-30H2,1-10H3. The summed E-state index contributed by atoms with van der Waals surface area (Å²) in [6.07, 6.45) is 6.84. The van der Waals surface area contributed by atoms with Crippen LogP contribution in [0, 0.1) is 39.9 Å². The summed E-state index contributed by atoms with van der Waals surface area (Å²) in [4.78, 5) is 0. The summed E-state index contributed by atoms with van der Waals surface area (Å²) in [5.41, 5.74) is 2.98. The number of rotatable bonds is 8. The Morgan fingerprint density at radius 3 is 1.16 bits per heavy atom. The second kappa shape index (κ2) is 15.7. The Balaban J connectivity index is 0.997. The third-order valence-corrected chi connectivity index (χ3v) is 15.5. The van der Waals surface area contributed by atoms with Crippen molar-refractivity contribution >= 4 is 17.2 Å². The first kappa shape index (κ1) is 39.7. The fourth-order valence-electron chi connectivity index (χ4n) is 9.30. The molecule has 0 bridgehead atoms. The predicted molar refractivity (Wildman–Crippen MR) is 209 cm³/mol. The van der Waals surface area contributed by atoms with Gasteiger partial charge in [0.1, 0.15) is 0 Å². The molecule has 6 atom stereocenters. The van der Waals surface area contributed by atoms with Crippen molar-refractivity contribution < 1.29 is 27.1 Å². The van der Waals surface area contributed by atoms with Crippen LogP contribution in [0.15, 0.2) is 60.7 Å². The van der Waals surface area contributed by atoms with Gasteiger partial charge in [0.25, 0.3) is 0 Å². The van der Waals surface area contributed by atoms with Gasteiger partial charge in [-0.3, -0.25) is 0 Å². The maximum Gasteiger partial charge on any atom is 0.332 e. The van der Waals surface area contributed by atoms with Crippen molar-refractivity contribution in [2.75, 3.05) is 26.4 Å². The molecule has 1 spiro atoms. The van der Waals surface area contributed by atoms with Crippen LogP contribution in [0.1, 0.15) is 119 Å². The Labute approximate surface area is 312 Å². The first-order valence-corrected chi connectivity index (χ1v) is 21.7. The Morgan fingerprint density at radius 1 is 0.510 bits per heavy atom. The number of benzene rings is 2. The lowest BCUT2D eigenvalue weighted by Crippen LogP contribution is -2.47. The van der Waals surface area contributed by atoms with Crippen molar-refractivity contribution in [3.8, 4) is 0 Å². The van der Waals surface area contributed by atoms with Gasteiger partial charge >= 0.3 is 17.2 Å². The maximum absolute atomic E-state index is 6.72. The molecule has 2 heterocycles. The van der Waals surface area contributed by atoms with Gasteiger partial charge < -0.3 is 27.1 Å². The summed E-state index contributed by atoms with van der Waals surface area (Å²) in [7, 11) is -2.84. The summed E-state index contributed by atoms with van der Waals surface area (Å²) in [6.45, 7) is 25.9. The van der Waals surface area contributed by atoms with Gasteiger partial charge in [-0.25, -0.2) is 0 Å². The second-order valence-corrected chi connectivity index (χ2v) is 21.8. The lowest BCUT2D eigenvalue weighted by molar-refractivity contribution is -0.0968.